The van der Waals surface area contributed by atoms with E-state index in [0.717, 1.165) is 5.52 Å². The Morgan fingerprint density at radius 3 is 2.56 bits per heavy atom. The van der Waals surface area contributed by atoms with Crippen LogP contribution in [0.4, 0.5) is 0 Å². The van der Waals surface area contributed by atoms with Crippen molar-refractivity contribution in [1.29, 1.82) is 0 Å². The molecule has 1 heterocycles. The maximum Gasteiger partial charge on any atom is 0.247 e. The van der Waals surface area contributed by atoms with Gasteiger partial charge in [-0.3, -0.25) is 9.59 Å². The smallest absolute Gasteiger partial charge is 0.247 e. The van der Waals surface area contributed by atoms with Crippen LogP contribution in [0.2, 0.25) is 0 Å². The number of methoxy groups -OCH3 is 2. The monoisotopic (exact) mass is 469 g/mol. The predicted molar refractivity (Wildman–Crippen MR) is 126 cm³/mol. The Morgan fingerprint density at radius 1 is 1.06 bits per heavy atom. The third-order valence-corrected chi connectivity index (χ3v) is 5.24. The van der Waals surface area contributed by atoms with Crippen molar-refractivity contribution in [2.24, 2.45) is 0 Å². The van der Waals surface area contributed by atoms with Gasteiger partial charge in [0.25, 0.3) is 0 Å². The Bertz CT molecular complexity index is 1090. The summed E-state index contributed by atoms with van der Waals surface area (Å²) in [6.45, 7) is 3.32. The summed E-state index contributed by atoms with van der Waals surface area (Å²) in [6.07, 6.45) is 0. The summed E-state index contributed by atoms with van der Waals surface area (Å²) in [5.41, 5.74) is 2.01. The van der Waals surface area contributed by atoms with Gasteiger partial charge in [-0.2, -0.15) is 0 Å². The molecule has 0 saturated heterocycles. The molecule has 0 aliphatic rings. The van der Waals surface area contributed by atoms with Gasteiger partial charge in [0.05, 0.1) is 25.3 Å². The third-order valence-electron chi connectivity index (χ3n) is 5.24. The molecule has 182 valence electrons. The molecule has 1 atom stereocenters. The minimum absolute atomic E-state index is 0.0805. The first-order chi connectivity index (χ1) is 16.6. The first kappa shape index (κ1) is 25.1. The van der Waals surface area contributed by atoms with Crippen LogP contribution in [-0.4, -0.2) is 78.8 Å². The van der Waals surface area contributed by atoms with E-state index in [9.17, 15) is 9.59 Å². The summed E-state index contributed by atoms with van der Waals surface area (Å²) in [5, 5.41) is 11.1. The van der Waals surface area contributed by atoms with Gasteiger partial charge in [0.1, 0.15) is 23.9 Å². The Balaban J connectivity index is 1.98. The molecule has 2 amide bonds. The van der Waals surface area contributed by atoms with Crippen molar-refractivity contribution < 1.29 is 23.8 Å². The lowest BCUT2D eigenvalue weighted by Crippen LogP contribution is -2.47. The zero-order chi connectivity index (χ0) is 24.3. The fourth-order valence-electron chi connectivity index (χ4n) is 3.66. The Morgan fingerprint density at radius 2 is 1.79 bits per heavy atom. The van der Waals surface area contributed by atoms with E-state index in [2.05, 4.69) is 15.6 Å². The third kappa shape index (κ3) is 6.09. The van der Waals surface area contributed by atoms with E-state index >= 15 is 0 Å². The number of hydrogen-bond acceptors (Lipinski definition) is 7. The van der Waals surface area contributed by atoms with E-state index in [1.807, 2.05) is 43.3 Å². The van der Waals surface area contributed by atoms with Crippen LogP contribution in [0, 0.1) is 0 Å². The molecule has 1 N–H and O–H groups in total. The quantitative estimate of drug-likeness (QED) is 0.380. The largest absolute Gasteiger partial charge is 0.494 e. The zero-order valence-corrected chi connectivity index (χ0v) is 19.8. The molecular weight excluding hydrogens is 438 g/mol. The molecule has 0 unspecified atom stereocenters. The topological polar surface area (TPSA) is 108 Å². The summed E-state index contributed by atoms with van der Waals surface area (Å²) in [7, 11) is 3.11. The molecule has 0 aliphatic heterocycles. The molecule has 3 rings (SSSR count). The minimum atomic E-state index is -0.933. The maximum absolute atomic E-state index is 13.6. The van der Waals surface area contributed by atoms with E-state index < -0.39 is 6.04 Å². The van der Waals surface area contributed by atoms with E-state index in [4.69, 9.17) is 14.2 Å². The van der Waals surface area contributed by atoms with Crippen molar-refractivity contribution in [1.82, 2.24) is 25.2 Å². The average Bonchev–Trinajstić information content (AvgIpc) is 3.25. The second kappa shape index (κ2) is 12.7. The maximum atomic E-state index is 13.6. The van der Waals surface area contributed by atoms with Gasteiger partial charge in [0.2, 0.25) is 11.8 Å². The number of benzene rings is 2. The highest BCUT2D eigenvalue weighted by atomic mass is 16.5. The van der Waals surface area contributed by atoms with Crippen molar-refractivity contribution in [3.8, 4) is 5.75 Å². The molecule has 0 spiro atoms. The minimum Gasteiger partial charge on any atom is -0.494 e. The van der Waals surface area contributed by atoms with Gasteiger partial charge >= 0.3 is 0 Å². The van der Waals surface area contributed by atoms with Crippen LogP contribution in [0.3, 0.4) is 0 Å². The number of ether oxygens (including phenoxy) is 3. The lowest BCUT2D eigenvalue weighted by atomic mass is 10.0. The molecule has 34 heavy (non-hydrogen) atoms. The summed E-state index contributed by atoms with van der Waals surface area (Å²) < 4.78 is 17.6. The SMILES string of the molecule is CCOc1ccccc1[C@@H](C(=O)NCCOC)N(CCOC)C(=O)Cn1nnc2ccccc21. The molecule has 0 radical (unpaired) electrons. The fourth-order valence-corrected chi connectivity index (χ4v) is 3.66. The number of aromatic nitrogens is 3. The van der Waals surface area contributed by atoms with Crippen molar-refractivity contribution in [2.75, 3.05) is 47.1 Å². The van der Waals surface area contributed by atoms with Crippen LogP contribution in [-0.2, 0) is 25.6 Å². The van der Waals surface area contributed by atoms with Crippen molar-refractivity contribution in [3.05, 3.63) is 54.1 Å². The fraction of sp³-hybridized carbons (Fsp3) is 0.417. The Kier molecular flexibility index (Phi) is 9.36. The zero-order valence-electron chi connectivity index (χ0n) is 19.8. The van der Waals surface area contributed by atoms with Crippen LogP contribution >= 0.6 is 0 Å². The number of carbonyl (C=O) groups excluding carboxylic acids is 2. The lowest BCUT2D eigenvalue weighted by molar-refractivity contribution is -0.142. The molecule has 1 aromatic heterocycles. The molecule has 10 nitrogen and oxygen atoms in total. The highest BCUT2D eigenvalue weighted by Crippen LogP contribution is 2.30. The van der Waals surface area contributed by atoms with Crippen molar-refractivity contribution in [3.63, 3.8) is 0 Å². The molecule has 0 saturated carbocycles. The number of carbonyl (C=O) groups is 2. The number of amides is 2. The number of nitrogens with one attached hydrogen (secondary N) is 1. The first-order valence-electron chi connectivity index (χ1n) is 11.2. The van der Waals surface area contributed by atoms with Gasteiger partial charge in [-0.05, 0) is 25.1 Å². The van der Waals surface area contributed by atoms with E-state index in [-0.39, 0.29) is 31.5 Å². The van der Waals surface area contributed by atoms with Gasteiger partial charge in [-0.1, -0.05) is 35.5 Å². The van der Waals surface area contributed by atoms with Crippen LogP contribution in [0.15, 0.2) is 48.5 Å². The van der Waals surface area contributed by atoms with Gasteiger partial charge in [0, 0.05) is 32.9 Å². The number of rotatable bonds is 13. The van der Waals surface area contributed by atoms with Gasteiger partial charge in [-0.15, -0.1) is 5.10 Å². The molecule has 0 fully saturated rings. The number of fused-ring (bicyclic) bond motifs is 1. The Labute approximate surface area is 198 Å². The van der Waals surface area contributed by atoms with E-state index in [1.165, 1.54) is 9.58 Å². The summed E-state index contributed by atoms with van der Waals surface area (Å²) in [5.74, 6) is -0.0960. The molecule has 0 aliphatic carbocycles. The lowest BCUT2D eigenvalue weighted by Gasteiger charge is -2.32. The van der Waals surface area contributed by atoms with Gasteiger partial charge < -0.3 is 24.4 Å². The highest BCUT2D eigenvalue weighted by molar-refractivity contribution is 5.89. The van der Waals surface area contributed by atoms with Crippen LogP contribution in [0.25, 0.3) is 11.0 Å². The van der Waals surface area contributed by atoms with Crippen molar-refractivity contribution >= 4 is 22.8 Å². The standard InChI is InChI=1S/C24H31N5O5/c1-4-34-21-12-8-5-9-18(21)23(24(31)25-13-15-32-2)28(14-16-33-3)22(30)17-29-20-11-7-6-10-19(20)26-27-29/h5-12,23H,4,13-17H2,1-3H3,(H,25,31)/t23-/m0/s1. The summed E-state index contributed by atoms with van der Waals surface area (Å²) in [6, 6.07) is 13.7. The average molecular weight is 470 g/mol. The van der Waals surface area contributed by atoms with E-state index in [1.54, 1.807) is 26.4 Å². The van der Waals surface area contributed by atoms with Crippen LogP contribution in [0.5, 0.6) is 5.75 Å². The summed E-state index contributed by atoms with van der Waals surface area (Å²) in [4.78, 5) is 28.5. The molecule has 10 heteroatoms. The second-order valence-corrected chi connectivity index (χ2v) is 7.47. The summed E-state index contributed by atoms with van der Waals surface area (Å²) >= 11 is 0. The van der Waals surface area contributed by atoms with Crippen molar-refractivity contribution in [2.45, 2.75) is 19.5 Å². The number of nitrogens with zero attached hydrogens (tertiary/aromatic N) is 4. The molecule has 0 bridgehead atoms. The molecule has 2 aromatic carbocycles. The molecular formula is C24H31N5O5. The highest BCUT2D eigenvalue weighted by Gasteiger charge is 2.33. The number of hydrogen-bond donors (Lipinski definition) is 1. The van der Waals surface area contributed by atoms with Crippen LogP contribution < -0.4 is 10.1 Å². The Hall–Kier alpha value is -3.50. The number of para-hydroxylation sites is 2. The normalized spacial score (nSPS) is 11.9. The predicted octanol–water partition coefficient (Wildman–Crippen LogP) is 1.81. The first-order valence-corrected chi connectivity index (χ1v) is 11.2. The van der Waals surface area contributed by atoms with Crippen LogP contribution in [0.1, 0.15) is 18.5 Å². The van der Waals surface area contributed by atoms with Gasteiger partial charge in [-0.25, -0.2) is 4.68 Å². The second-order valence-electron chi connectivity index (χ2n) is 7.47. The van der Waals surface area contributed by atoms with Gasteiger partial charge in [0.15, 0.2) is 0 Å². The van der Waals surface area contributed by atoms with E-state index in [0.29, 0.717) is 36.6 Å². The molecule has 3 aromatic rings.